The van der Waals surface area contributed by atoms with E-state index in [1.54, 1.807) is 0 Å². The summed E-state index contributed by atoms with van der Waals surface area (Å²) in [6, 6.07) is 0. The lowest BCUT2D eigenvalue weighted by molar-refractivity contribution is -0.138. The largest absolute Gasteiger partial charge is 0.481 e. The van der Waals surface area contributed by atoms with Crippen LogP contribution in [0.15, 0.2) is 18.7 Å². The maximum atomic E-state index is 11.6. The van der Waals surface area contributed by atoms with Gasteiger partial charge >= 0.3 is 5.97 Å². The first-order chi connectivity index (χ1) is 11.6. The molecule has 130 valence electrons. The van der Waals surface area contributed by atoms with Crippen molar-refractivity contribution in [1.29, 1.82) is 0 Å². The van der Waals surface area contributed by atoms with Gasteiger partial charge in [-0.15, -0.1) is 6.58 Å². The van der Waals surface area contributed by atoms with Crippen LogP contribution in [0.5, 0.6) is 0 Å². The van der Waals surface area contributed by atoms with E-state index in [0.29, 0.717) is 5.92 Å². The van der Waals surface area contributed by atoms with E-state index < -0.39 is 5.97 Å². The van der Waals surface area contributed by atoms with E-state index >= 15 is 0 Å². The summed E-state index contributed by atoms with van der Waals surface area (Å²) in [5.74, 6) is -0.203. The Morgan fingerprint density at radius 3 is 2.92 bits per heavy atom. The van der Waals surface area contributed by atoms with Crippen molar-refractivity contribution in [3.63, 3.8) is 0 Å². The molecule has 0 bridgehead atoms. The van der Waals surface area contributed by atoms with Crippen molar-refractivity contribution in [2.75, 3.05) is 0 Å². The molecule has 1 heterocycles. The predicted octanol–water partition coefficient (Wildman–Crippen LogP) is 5.33. The lowest BCUT2D eigenvalue weighted by atomic mass is 9.65. The number of carboxylic acid groups (broad SMARTS) is 1. The van der Waals surface area contributed by atoms with Crippen LogP contribution >= 0.6 is 0 Å². The van der Waals surface area contributed by atoms with Crippen LogP contribution in [0.25, 0.3) is 5.57 Å². The average Bonchev–Trinajstić information content (AvgIpc) is 2.97. The fourth-order valence-corrected chi connectivity index (χ4v) is 4.87. The number of H-pyrrole nitrogens is 1. The number of carbonyl (C=O) groups is 1. The summed E-state index contributed by atoms with van der Waals surface area (Å²) in [4.78, 5) is 15.3. The van der Waals surface area contributed by atoms with Crippen LogP contribution in [0.4, 0.5) is 0 Å². The van der Waals surface area contributed by atoms with Crippen LogP contribution < -0.4 is 0 Å². The molecule has 24 heavy (non-hydrogen) atoms. The van der Waals surface area contributed by atoms with Crippen molar-refractivity contribution in [3.05, 3.63) is 41.2 Å². The predicted molar refractivity (Wildman–Crippen MR) is 98.4 cm³/mol. The second-order valence-corrected chi connectivity index (χ2v) is 7.35. The first-order valence-electron chi connectivity index (χ1n) is 9.33. The van der Waals surface area contributed by atoms with Crippen LogP contribution in [0.3, 0.4) is 0 Å². The maximum Gasteiger partial charge on any atom is 0.304 e. The number of hydrogen-bond acceptors (Lipinski definition) is 1. The molecule has 1 aromatic rings. The fraction of sp³-hybridized carbons (Fsp3) is 0.571. The number of hydrogen-bond donors (Lipinski definition) is 2. The number of rotatable bonds is 6. The van der Waals surface area contributed by atoms with E-state index in [-0.39, 0.29) is 11.8 Å². The van der Waals surface area contributed by atoms with E-state index in [1.165, 1.54) is 28.1 Å². The fourth-order valence-electron chi connectivity index (χ4n) is 4.87. The van der Waals surface area contributed by atoms with Gasteiger partial charge in [-0.3, -0.25) is 4.79 Å². The zero-order chi connectivity index (χ0) is 17.3. The monoisotopic (exact) mass is 327 g/mol. The highest BCUT2D eigenvalue weighted by atomic mass is 16.4. The molecule has 0 aliphatic heterocycles. The lowest BCUT2D eigenvalue weighted by Crippen LogP contribution is -2.34. The van der Waals surface area contributed by atoms with Gasteiger partial charge < -0.3 is 10.1 Å². The highest BCUT2D eigenvalue weighted by Crippen LogP contribution is 2.51. The molecule has 2 atom stereocenters. The first kappa shape index (κ1) is 17.1. The van der Waals surface area contributed by atoms with E-state index in [0.717, 1.165) is 44.9 Å². The van der Waals surface area contributed by atoms with Crippen molar-refractivity contribution < 1.29 is 9.90 Å². The van der Waals surface area contributed by atoms with E-state index in [2.05, 4.69) is 31.5 Å². The number of fused-ring (bicyclic) bond motifs is 3. The topological polar surface area (TPSA) is 53.1 Å². The van der Waals surface area contributed by atoms with Crippen LogP contribution in [0.1, 0.15) is 87.2 Å². The normalized spacial score (nSPS) is 25.6. The summed E-state index contributed by atoms with van der Waals surface area (Å²) in [5, 5.41) is 9.52. The quantitative estimate of drug-likeness (QED) is 0.694. The molecule has 0 radical (unpaired) electrons. The van der Waals surface area contributed by atoms with Crippen LogP contribution in [0.2, 0.25) is 0 Å². The van der Waals surface area contributed by atoms with Crippen LogP contribution in [0, 0.1) is 0 Å². The van der Waals surface area contributed by atoms with E-state index in [4.69, 9.17) is 0 Å². The molecule has 2 N–H and O–H groups in total. The van der Waals surface area contributed by atoms with Crippen molar-refractivity contribution in [1.82, 2.24) is 4.98 Å². The second kappa shape index (κ2) is 6.62. The standard InChI is InChI=1S/C21H29NO2/c1-4-8-15-11-12-21(6-3,13-17(23)24)20-18(15)16-10-7-9-14(5-2)19(16)22-20/h4,9,15,22H,1,5-8,10-13H2,2-3H3,(H,23,24)/t15-,21-/m0/s1. The molecule has 0 saturated carbocycles. The maximum absolute atomic E-state index is 11.6. The Labute approximate surface area is 144 Å². The molecular formula is C21H29NO2. The third kappa shape index (κ3) is 2.64. The Hall–Kier alpha value is -1.77. The molecule has 0 spiro atoms. The van der Waals surface area contributed by atoms with E-state index in [9.17, 15) is 9.90 Å². The summed E-state index contributed by atoms with van der Waals surface area (Å²) in [6.07, 6.45) is 11.7. The minimum Gasteiger partial charge on any atom is -0.481 e. The summed E-state index contributed by atoms with van der Waals surface area (Å²) < 4.78 is 0. The molecule has 2 aliphatic carbocycles. The first-order valence-corrected chi connectivity index (χ1v) is 9.33. The highest BCUT2D eigenvalue weighted by Gasteiger charge is 2.43. The third-order valence-corrected chi connectivity index (χ3v) is 6.16. The number of aromatic nitrogens is 1. The van der Waals surface area contributed by atoms with Gasteiger partial charge in [0.2, 0.25) is 0 Å². The van der Waals surface area contributed by atoms with Crippen molar-refractivity contribution in [2.24, 2.45) is 0 Å². The Morgan fingerprint density at radius 1 is 1.50 bits per heavy atom. The van der Waals surface area contributed by atoms with Gasteiger partial charge in [0.1, 0.15) is 0 Å². The average molecular weight is 327 g/mol. The van der Waals surface area contributed by atoms with Gasteiger partial charge in [0.25, 0.3) is 0 Å². The summed E-state index contributed by atoms with van der Waals surface area (Å²) in [6.45, 7) is 8.28. The zero-order valence-electron chi connectivity index (χ0n) is 15.0. The number of allylic oxidation sites excluding steroid dienone is 3. The number of aromatic amines is 1. The summed E-state index contributed by atoms with van der Waals surface area (Å²) >= 11 is 0. The van der Waals surface area contributed by atoms with Gasteiger partial charge in [-0.1, -0.05) is 26.0 Å². The Bertz CT molecular complexity index is 682. The SMILES string of the molecule is C=CC[C@H]1CC[C@@](CC)(CC(=O)O)c2[nH]c3c(c21)CCC=C3CC. The number of aliphatic carboxylic acids is 1. The smallest absolute Gasteiger partial charge is 0.304 e. The van der Waals surface area contributed by atoms with Crippen LogP contribution in [-0.2, 0) is 16.6 Å². The molecule has 0 unspecified atom stereocenters. The molecule has 0 saturated heterocycles. The molecule has 2 aliphatic rings. The zero-order valence-corrected chi connectivity index (χ0v) is 15.0. The van der Waals surface area contributed by atoms with Gasteiger partial charge in [-0.05, 0) is 67.6 Å². The molecule has 0 amide bonds. The van der Waals surface area contributed by atoms with Gasteiger partial charge in [0.15, 0.2) is 0 Å². The minimum atomic E-state index is -0.691. The molecule has 3 rings (SSSR count). The second-order valence-electron chi connectivity index (χ2n) is 7.35. The lowest BCUT2D eigenvalue weighted by Gasteiger charge is -2.39. The number of nitrogens with one attached hydrogen (secondary N) is 1. The summed E-state index contributed by atoms with van der Waals surface area (Å²) in [5.41, 5.74) is 6.54. The highest BCUT2D eigenvalue weighted by molar-refractivity contribution is 5.73. The molecular weight excluding hydrogens is 298 g/mol. The van der Waals surface area contributed by atoms with Crippen LogP contribution in [-0.4, -0.2) is 16.1 Å². The molecule has 0 fully saturated rings. The third-order valence-electron chi connectivity index (χ3n) is 6.16. The molecule has 3 nitrogen and oxygen atoms in total. The molecule has 1 aromatic heterocycles. The van der Waals surface area contributed by atoms with E-state index in [1.807, 2.05) is 6.08 Å². The van der Waals surface area contributed by atoms with Crippen molar-refractivity contribution >= 4 is 11.5 Å². The Kier molecular flexibility index (Phi) is 4.71. The van der Waals surface area contributed by atoms with Gasteiger partial charge in [0, 0.05) is 16.8 Å². The van der Waals surface area contributed by atoms with Gasteiger partial charge in [0.05, 0.1) is 6.42 Å². The van der Waals surface area contributed by atoms with Crippen molar-refractivity contribution in [2.45, 2.75) is 76.5 Å². The minimum absolute atomic E-state index is 0.224. The molecule has 0 aromatic carbocycles. The van der Waals surface area contributed by atoms with Crippen molar-refractivity contribution in [3.8, 4) is 0 Å². The van der Waals surface area contributed by atoms with Gasteiger partial charge in [-0.25, -0.2) is 0 Å². The Morgan fingerprint density at radius 2 is 2.29 bits per heavy atom. The molecule has 3 heteroatoms. The summed E-state index contributed by atoms with van der Waals surface area (Å²) in [7, 11) is 0. The number of carboxylic acids is 1. The van der Waals surface area contributed by atoms with Gasteiger partial charge in [-0.2, -0.15) is 0 Å². The Balaban J connectivity index is 2.18.